The van der Waals surface area contributed by atoms with E-state index in [1.54, 1.807) is 0 Å². The van der Waals surface area contributed by atoms with Crippen LogP contribution in [0.25, 0.3) is 16.6 Å². The van der Waals surface area contributed by atoms with Gasteiger partial charge in [-0.3, -0.25) is 0 Å². The van der Waals surface area contributed by atoms with Gasteiger partial charge in [0, 0.05) is 33.1 Å². The number of hydrogen-bond acceptors (Lipinski definition) is 6. The molecule has 0 saturated heterocycles. The molecule has 0 aliphatic heterocycles. The Balaban J connectivity index is 1.66. The normalized spacial score (nSPS) is 12.1. The minimum Gasteiger partial charge on any atom is -0.486 e. The SMILES string of the molecule is Cc1nnc(N(C)C)c2nn(-c3cccc(OC(CCNCCF)c4ccccc4)c3)c(C)c12. The summed E-state index contributed by atoms with van der Waals surface area (Å²) in [4.78, 5) is 1.92. The molecule has 0 saturated carbocycles. The maximum atomic E-state index is 12.5. The van der Waals surface area contributed by atoms with Crippen molar-refractivity contribution in [3.8, 4) is 11.4 Å². The average molecular weight is 463 g/mol. The fraction of sp³-hybridized carbons (Fsp3) is 0.346. The highest BCUT2D eigenvalue weighted by molar-refractivity contribution is 5.92. The van der Waals surface area contributed by atoms with Crippen LogP contribution in [0.2, 0.25) is 0 Å². The number of nitrogens with zero attached hydrogens (tertiary/aromatic N) is 5. The van der Waals surface area contributed by atoms with E-state index in [0.717, 1.165) is 51.5 Å². The third kappa shape index (κ3) is 5.02. The number of alkyl halides is 1. The van der Waals surface area contributed by atoms with E-state index in [2.05, 4.69) is 27.6 Å². The molecular weight excluding hydrogens is 431 g/mol. The number of rotatable bonds is 10. The molecule has 178 valence electrons. The third-order valence-corrected chi connectivity index (χ3v) is 5.77. The van der Waals surface area contributed by atoms with Gasteiger partial charge in [-0.25, -0.2) is 9.07 Å². The molecule has 2 aromatic carbocycles. The predicted molar refractivity (Wildman–Crippen MR) is 134 cm³/mol. The lowest BCUT2D eigenvalue weighted by Crippen LogP contribution is -2.21. The molecule has 34 heavy (non-hydrogen) atoms. The number of benzene rings is 2. The molecule has 1 unspecified atom stereocenters. The van der Waals surface area contributed by atoms with Crippen molar-refractivity contribution in [1.29, 1.82) is 0 Å². The van der Waals surface area contributed by atoms with Crippen molar-refractivity contribution < 1.29 is 9.13 Å². The number of ether oxygens (including phenoxy) is 1. The summed E-state index contributed by atoms with van der Waals surface area (Å²) < 4.78 is 20.8. The van der Waals surface area contributed by atoms with E-state index in [-0.39, 0.29) is 12.8 Å². The monoisotopic (exact) mass is 462 g/mol. The van der Waals surface area contributed by atoms with Crippen LogP contribution in [0.4, 0.5) is 10.2 Å². The lowest BCUT2D eigenvalue weighted by atomic mass is 10.1. The second-order valence-electron chi connectivity index (χ2n) is 8.47. The number of aromatic nitrogens is 4. The Morgan fingerprint density at radius 3 is 2.56 bits per heavy atom. The first kappa shape index (κ1) is 23.6. The summed E-state index contributed by atoms with van der Waals surface area (Å²) in [6, 6.07) is 18.0. The molecule has 0 aliphatic carbocycles. The van der Waals surface area contributed by atoms with Crippen LogP contribution in [0, 0.1) is 13.8 Å². The van der Waals surface area contributed by atoms with Gasteiger partial charge in [0.05, 0.1) is 22.5 Å². The molecule has 0 spiro atoms. The van der Waals surface area contributed by atoms with Crippen molar-refractivity contribution in [3.63, 3.8) is 0 Å². The lowest BCUT2D eigenvalue weighted by Gasteiger charge is -2.20. The molecule has 0 amide bonds. The van der Waals surface area contributed by atoms with Gasteiger partial charge in [0.15, 0.2) is 5.82 Å². The molecule has 0 bridgehead atoms. The van der Waals surface area contributed by atoms with Crippen LogP contribution in [-0.4, -0.2) is 53.8 Å². The molecule has 8 heteroatoms. The molecule has 2 aromatic heterocycles. The minimum atomic E-state index is -0.378. The molecule has 1 atom stereocenters. The summed E-state index contributed by atoms with van der Waals surface area (Å²) in [6.45, 7) is 4.63. The van der Waals surface area contributed by atoms with E-state index in [0.29, 0.717) is 13.1 Å². The Morgan fingerprint density at radius 2 is 1.82 bits per heavy atom. The van der Waals surface area contributed by atoms with Crippen molar-refractivity contribution in [1.82, 2.24) is 25.3 Å². The zero-order valence-electron chi connectivity index (χ0n) is 20.1. The lowest BCUT2D eigenvalue weighted by molar-refractivity contribution is 0.193. The van der Waals surface area contributed by atoms with E-state index >= 15 is 0 Å². The standard InChI is InChI=1S/C26H31FN6O/c1-18-24-19(2)33(31-25(24)26(30-29-18)32(3)4)21-11-8-12-22(17-21)34-23(13-15-28-16-14-27)20-9-6-5-7-10-20/h5-12,17,23,28H,13-16H2,1-4H3. The highest BCUT2D eigenvalue weighted by Gasteiger charge is 2.19. The Morgan fingerprint density at radius 1 is 1.03 bits per heavy atom. The van der Waals surface area contributed by atoms with Crippen LogP contribution in [0.5, 0.6) is 5.75 Å². The van der Waals surface area contributed by atoms with Gasteiger partial charge in [-0.2, -0.15) is 10.2 Å². The van der Waals surface area contributed by atoms with Crippen molar-refractivity contribution in [3.05, 3.63) is 71.5 Å². The topological polar surface area (TPSA) is 68.1 Å². The van der Waals surface area contributed by atoms with Gasteiger partial charge in [0.1, 0.15) is 24.0 Å². The molecule has 1 N–H and O–H groups in total. The quantitative estimate of drug-likeness (QED) is 0.348. The van der Waals surface area contributed by atoms with Crippen LogP contribution in [0.3, 0.4) is 0 Å². The maximum Gasteiger partial charge on any atom is 0.179 e. The fourth-order valence-corrected chi connectivity index (χ4v) is 4.10. The fourth-order valence-electron chi connectivity index (χ4n) is 4.10. The molecule has 4 rings (SSSR count). The Bertz CT molecular complexity index is 1240. The maximum absolute atomic E-state index is 12.5. The second-order valence-corrected chi connectivity index (χ2v) is 8.47. The van der Waals surface area contributed by atoms with Gasteiger partial charge in [-0.05, 0) is 38.1 Å². The zero-order valence-corrected chi connectivity index (χ0v) is 20.1. The first-order valence-electron chi connectivity index (χ1n) is 11.5. The number of nitrogens with one attached hydrogen (secondary N) is 1. The Kier molecular flexibility index (Phi) is 7.37. The summed E-state index contributed by atoms with van der Waals surface area (Å²) in [5.74, 6) is 1.48. The van der Waals surface area contributed by atoms with Gasteiger partial charge in [0.2, 0.25) is 0 Å². The van der Waals surface area contributed by atoms with E-state index in [1.165, 1.54) is 0 Å². The summed E-state index contributed by atoms with van der Waals surface area (Å²) in [5, 5.41) is 17.7. The number of halogens is 1. The predicted octanol–water partition coefficient (Wildman–Crippen LogP) is 4.57. The smallest absolute Gasteiger partial charge is 0.179 e. The first-order chi connectivity index (χ1) is 16.5. The van der Waals surface area contributed by atoms with Crippen LogP contribution >= 0.6 is 0 Å². The van der Waals surface area contributed by atoms with Crippen LogP contribution in [0.15, 0.2) is 54.6 Å². The van der Waals surface area contributed by atoms with Crippen LogP contribution in [0.1, 0.15) is 29.5 Å². The Labute approximate surface area is 199 Å². The summed E-state index contributed by atoms with van der Waals surface area (Å²) >= 11 is 0. The first-order valence-corrected chi connectivity index (χ1v) is 11.5. The number of hydrogen-bond donors (Lipinski definition) is 1. The van der Waals surface area contributed by atoms with E-state index in [9.17, 15) is 4.39 Å². The summed E-state index contributed by atoms with van der Waals surface area (Å²) in [5.41, 5.74) is 4.65. The highest BCUT2D eigenvalue weighted by Crippen LogP contribution is 2.30. The van der Waals surface area contributed by atoms with Crippen LogP contribution < -0.4 is 15.0 Å². The molecular formula is C26H31FN6O. The van der Waals surface area contributed by atoms with Crippen molar-refractivity contribution in [2.75, 3.05) is 38.8 Å². The second kappa shape index (κ2) is 10.6. The summed E-state index contributed by atoms with van der Waals surface area (Å²) in [7, 11) is 3.88. The third-order valence-electron chi connectivity index (χ3n) is 5.77. The zero-order chi connectivity index (χ0) is 24.1. The number of aryl methyl sites for hydroxylation is 2. The van der Waals surface area contributed by atoms with Gasteiger partial charge in [-0.15, -0.1) is 5.10 Å². The van der Waals surface area contributed by atoms with Gasteiger partial charge in [-0.1, -0.05) is 36.4 Å². The average Bonchev–Trinajstić information content (AvgIpc) is 3.19. The number of fused-ring (bicyclic) bond motifs is 1. The highest BCUT2D eigenvalue weighted by atomic mass is 19.1. The van der Waals surface area contributed by atoms with Gasteiger partial charge >= 0.3 is 0 Å². The van der Waals surface area contributed by atoms with Crippen molar-refractivity contribution in [2.24, 2.45) is 0 Å². The molecule has 2 heterocycles. The number of anilines is 1. The van der Waals surface area contributed by atoms with Gasteiger partial charge in [0.25, 0.3) is 0 Å². The van der Waals surface area contributed by atoms with Gasteiger partial charge < -0.3 is 15.0 Å². The Hall–Kier alpha value is -3.52. The van der Waals surface area contributed by atoms with E-state index in [4.69, 9.17) is 9.84 Å². The van der Waals surface area contributed by atoms with Crippen molar-refractivity contribution in [2.45, 2.75) is 26.4 Å². The van der Waals surface area contributed by atoms with E-state index < -0.39 is 0 Å². The van der Waals surface area contributed by atoms with Crippen LogP contribution in [-0.2, 0) is 0 Å². The molecule has 0 aliphatic rings. The minimum absolute atomic E-state index is 0.155. The summed E-state index contributed by atoms with van der Waals surface area (Å²) in [6.07, 6.45) is 0.569. The molecule has 0 radical (unpaired) electrons. The van der Waals surface area contributed by atoms with Crippen molar-refractivity contribution >= 4 is 16.7 Å². The molecule has 4 aromatic rings. The van der Waals surface area contributed by atoms with E-state index in [1.807, 2.05) is 80.0 Å². The molecule has 0 fully saturated rings. The largest absolute Gasteiger partial charge is 0.486 e. The molecule has 7 nitrogen and oxygen atoms in total.